The van der Waals surface area contributed by atoms with Crippen LogP contribution in [0.25, 0.3) is 0 Å². The van der Waals surface area contributed by atoms with Crippen molar-refractivity contribution in [2.24, 2.45) is 5.41 Å². The van der Waals surface area contributed by atoms with Crippen molar-refractivity contribution < 1.29 is 4.79 Å². The molecular weight excluding hydrogens is 228 g/mol. The van der Waals surface area contributed by atoms with Crippen molar-refractivity contribution in [3.05, 3.63) is 17.8 Å². The first-order chi connectivity index (χ1) is 8.46. The molecule has 3 N–H and O–H groups in total. The Labute approximate surface area is 107 Å². The molecule has 1 amide bonds. The second kappa shape index (κ2) is 4.48. The van der Waals surface area contributed by atoms with Gasteiger partial charge in [-0.3, -0.25) is 4.79 Å². The van der Waals surface area contributed by atoms with Crippen molar-refractivity contribution >= 4 is 17.4 Å². The van der Waals surface area contributed by atoms with E-state index in [4.69, 9.17) is 5.73 Å². The SMILES string of the molecule is CNC(=O)C1(C)CCN(c2ncc(N)cc2C)C1. The van der Waals surface area contributed by atoms with E-state index in [2.05, 4.69) is 15.2 Å². The molecule has 1 aromatic heterocycles. The minimum Gasteiger partial charge on any atom is -0.397 e. The molecule has 0 aliphatic carbocycles. The fourth-order valence-electron chi connectivity index (χ4n) is 2.55. The van der Waals surface area contributed by atoms with Crippen LogP contribution in [0.3, 0.4) is 0 Å². The zero-order chi connectivity index (χ0) is 13.3. The summed E-state index contributed by atoms with van der Waals surface area (Å²) in [6.07, 6.45) is 2.51. The smallest absolute Gasteiger partial charge is 0.227 e. The first-order valence-electron chi connectivity index (χ1n) is 6.15. The molecule has 1 saturated heterocycles. The summed E-state index contributed by atoms with van der Waals surface area (Å²) in [7, 11) is 1.68. The maximum absolute atomic E-state index is 11.9. The van der Waals surface area contributed by atoms with Gasteiger partial charge in [0.2, 0.25) is 5.91 Å². The molecule has 0 aromatic carbocycles. The van der Waals surface area contributed by atoms with Gasteiger partial charge in [0.25, 0.3) is 0 Å². The van der Waals surface area contributed by atoms with Crippen LogP contribution in [-0.4, -0.2) is 31.0 Å². The van der Waals surface area contributed by atoms with E-state index in [0.29, 0.717) is 12.2 Å². The highest BCUT2D eigenvalue weighted by Gasteiger charge is 2.40. The van der Waals surface area contributed by atoms with Crippen molar-refractivity contribution in [3.63, 3.8) is 0 Å². The summed E-state index contributed by atoms with van der Waals surface area (Å²) in [4.78, 5) is 18.4. The monoisotopic (exact) mass is 248 g/mol. The van der Waals surface area contributed by atoms with Crippen molar-refractivity contribution in [1.29, 1.82) is 0 Å². The molecule has 0 radical (unpaired) electrons. The molecule has 5 heteroatoms. The quantitative estimate of drug-likeness (QED) is 0.817. The molecule has 0 bridgehead atoms. The lowest BCUT2D eigenvalue weighted by molar-refractivity contribution is -0.128. The molecule has 0 saturated carbocycles. The largest absolute Gasteiger partial charge is 0.397 e. The summed E-state index contributed by atoms with van der Waals surface area (Å²) in [5, 5.41) is 2.74. The van der Waals surface area contributed by atoms with Crippen LogP contribution in [0, 0.1) is 12.3 Å². The number of nitrogen functional groups attached to an aromatic ring is 1. The van der Waals surface area contributed by atoms with Crippen LogP contribution in [0.4, 0.5) is 11.5 Å². The molecule has 1 aliphatic heterocycles. The first-order valence-corrected chi connectivity index (χ1v) is 6.15. The highest BCUT2D eigenvalue weighted by Crippen LogP contribution is 2.33. The Hall–Kier alpha value is -1.78. The third kappa shape index (κ3) is 2.12. The maximum atomic E-state index is 11.9. The Morgan fingerprint density at radius 2 is 2.33 bits per heavy atom. The number of hydrogen-bond acceptors (Lipinski definition) is 4. The number of nitrogens with one attached hydrogen (secondary N) is 1. The molecule has 2 heterocycles. The lowest BCUT2D eigenvalue weighted by Crippen LogP contribution is -2.39. The second-order valence-corrected chi connectivity index (χ2v) is 5.22. The van der Waals surface area contributed by atoms with Crippen LogP contribution < -0.4 is 16.0 Å². The second-order valence-electron chi connectivity index (χ2n) is 5.22. The Morgan fingerprint density at radius 3 is 2.94 bits per heavy atom. The molecule has 18 heavy (non-hydrogen) atoms. The van der Waals surface area contributed by atoms with Gasteiger partial charge in [0.1, 0.15) is 5.82 Å². The van der Waals surface area contributed by atoms with Crippen molar-refractivity contribution in [1.82, 2.24) is 10.3 Å². The predicted octanol–water partition coefficient (Wildman–Crippen LogP) is 0.935. The van der Waals surface area contributed by atoms with E-state index >= 15 is 0 Å². The van der Waals surface area contributed by atoms with Gasteiger partial charge in [-0.25, -0.2) is 4.98 Å². The van der Waals surface area contributed by atoms with E-state index in [1.807, 2.05) is 19.9 Å². The van der Waals surface area contributed by atoms with Gasteiger partial charge >= 0.3 is 0 Å². The van der Waals surface area contributed by atoms with E-state index in [0.717, 1.165) is 24.3 Å². The summed E-state index contributed by atoms with van der Waals surface area (Å²) < 4.78 is 0. The Kier molecular flexibility index (Phi) is 3.15. The van der Waals surface area contributed by atoms with Crippen LogP contribution in [-0.2, 0) is 4.79 Å². The number of amides is 1. The van der Waals surface area contributed by atoms with Crippen LogP contribution in [0.2, 0.25) is 0 Å². The average Bonchev–Trinajstić information content (AvgIpc) is 2.72. The Balaban J connectivity index is 2.20. The molecule has 1 fully saturated rings. The van der Waals surface area contributed by atoms with Crippen LogP contribution in [0.1, 0.15) is 18.9 Å². The summed E-state index contributed by atoms with van der Waals surface area (Å²) in [5.41, 5.74) is 7.10. The Bertz CT molecular complexity index is 474. The van der Waals surface area contributed by atoms with Gasteiger partial charge in [-0.15, -0.1) is 0 Å². The minimum atomic E-state index is -0.329. The van der Waals surface area contributed by atoms with Gasteiger partial charge in [0, 0.05) is 20.1 Å². The highest BCUT2D eigenvalue weighted by molar-refractivity contribution is 5.83. The topological polar surface area (TPSA) is 71.2 Å². The number of rotatable bonds is 2. The van der Waals surface area contributed by atoms with Gasteiger partial charge in [-0.2, -0.15) is 0 Å². The Morgan fingerprint density at radius 1 is 1.61 bits per heavy atom. The first kappa shape index (κ1) is 12.7. The summed E-state index contributed by atoms with van der Waals surface area (Å²) in [5.74, 6) is 1.02. The zero-order valence-electron chi connectivity index (χ0n) is 11.2. The van der Waals surface area contributed by atoms with Crippen LogP contribution >= 0.6 is 0 Å². The van der Waals surface area contributed by atoms with Crippen LogP contribution in [0.5, 0.6) is 0 Å². The average molecular weight is 248 g/mol. The number of pyridine rings is 1. The molecule has 98 valence electrons. The molecule has 2 rings (SSSR count). The van der Waals surface area contributed by atoms with E-state index in [-0.39, 0.29) is 11.3 Å². The molecule has 1 aliphatic rings. The number of nitrogens with zero attached hydrogens (tertiary/aromatic N) is 2. The molecule has 5 nitrogen and oxygen atoms in total. The lowest BCUT2D eigenvalue weighted by atomic mass is 9.89. The van der Waals surface area contributed by atoms with E-state index in [1.165, 1.54) is 0 Å². The fourth-order valence-corrected chi connectivity index (χ4v) is 2.55. The number of anilines is 2. The normalized spacial score (nSPS) is 23.2. The number of nitrogens with two attached hydrogens (primary N) is 1. The van der Waals surface area contributed by atoms with Gasteiger partial charge < -0.3 is 16.0 Å². The number of carbonyl (C=O) groups excluding carboxylic acids is 1. The number of aromatic nitrogens is 1. The van der Waals surface area contributed by atoms with Crippen molar-refractivity contribution in [2.45, 2.75) is 20.3 Å². The molecule has 1 unspecified atom stereocenters. The fraction of sp³-hybridized carbons (Fsp3) is 0.538. The number of hydrogen-bond donors (Lipinski definition) is 2. The van der Waals surface area contributed by atoms with Gasteiger partial charge in [0.05, 0.1) is 17.3 Å². The predicted molar refractivity (Wildman–Crippen MR) is 72.4 cm³/mol. The lowest BCUT2D eigenvalue weighted by Gasteiger charge is -2.24. The summed E-state index contributed by atoms with van der Waals surface area (Å²) >= 11 is 0. The zero-order valence-corrected chi connectivity index (χ0v) is 11.2. The number of aryl methyl sites for hydroxylation is 1. The summed E-state index contributed by atoms with van der Waals surface area (Å²) in [6.45, 7) is 5.54. The molecule has 1 aromatic rings. The standard InChI is InChI=1S/C13H20N4O/c1-9-6-10(14)7-16-11(9)17-5-4-13(2,8-17)12(18)15-3/h6-7H,4-5,8,14H2,1-3H3,(H,15,18). The van der Waals surface area contributed by atoms with Crippen molar-refractivity contribution in [2.75, 3.05) is 30.8 Å². The van der Waals surface area contributed by atoms with Crippen molar-refractivity contribution in [3.8, 4) is 0 Å². The maximum Gasteiger partial charge on any atom is 0.227 e. The molecular formula is C13H20N4O. The summed E-state index contributed by atoms with van der Waals surface area (Å²) in [6, 6.07) is 1.91. The van der Waals surface area contributed by atoms with E-state index in [1.54, 1.807) is 13.2 Å². The van der Waals surface area contributed by atoms with Gasteiger partial charge in [-0.05, 0) is 31.9 Å². The molecule has 1 atom stereocenters. The third-order valence-electron chi connectivity index (χ3n) is 3.62. The third-order valence-corrected chi connectivity index (χ3v) is 3.62. The van der Waals surface area contributed by atoms with Gasteiger partial charge in [-0.1, -0.05) is 0 Å². The van der Waals surface area contributed by atoms with Crippen LogP contribution in [0.15, 0.2) is 12.3 Å². The molecule has 0 spiro atoms. The highest BCUT2D eigenvalue weighted by atomic mass is 16.2. The minimum absolute atomic E-state index is 0.0955. The van der Waals surface area contributed by atoms with Gasteiger partial charge in [0.15, 0.2) is 0 Å². The number of carbonyl (C=O) groups is 1. The van der Waals surface area contributed by atoms with E-state index < -0.39 is 0 Å². The van der Waals surface area contributed by atoms with E-state index in [9.17, 15) is 4.79 Å².